The number of furan rings is 2. The van der Waals surface area contributed by atoms with Gasteiger partial charge in [0.2, 0.25) is 0 Å². The van der Waals surface area contributed by atoms with E-state index in [0.717, 1.165) is 73.5 Å². The Hall–Kier alpha value is -6.71. The maximum atomic E-state index is 6.74. The van der Waals surface area contributed by atoms with Crippen LogP contribution in [0.1, 0.15) is 37.2 Å². The molecule has 0 N–H and O–H groups in total. The van der Waals surface area contributed by atoms with Gasteiger partial charge in [0.1, 0.15) is 22.4 Å². The third-order valence-corrected chi connectivity index (χ3v) is 11.4. The zero-order valence-corrected chi connectivity index (χ0v) is 30.1. The van der Waals surface area contributed by atoms with Crippen molar-refractivity contribution in [3.05, 3.63) is 180 Å². The number of hydrogen-bond donors (Lipinski definition) is 0. The number of aliphatic imine (C=N–C) groups is 1. The summed E-state index contributed by atoms with van der Waals surface area (Å²) in [6, 6.07) is 56.1. The summed E-state index contributed by atoms with van der Waals surface area (Å²) in [7, 11) is 0. The average molecular weight is 694 g/mol. The lowest BCUT2D eigenvalue weighted by atomic mass is 9.85. The Morgan fingerprint density at radius 1 is 0.500 bits per heavy atom. The predicted molar refractivity (Wildman–Crippen MR) is 225 cm³/mol. The van der Waals surface area contributed by atoms with Gasteiger partial charge in [-0.05, 0) is 93.0 Å². The molecular weight excluding hydrogens is 659 g/mol. The van der Waals surface area contributed by atoms with Crippen LogP contribution >= 0.6 is 0 Å². The summed E-state index contributed by atoms with van der Waals surface area (Å²) in [6.45, 7) is 4.55. The van der Waals surface area contributed by atoms with Crippen molar-refractivity contribution in [2.45, 2.75) is 20.3 Å². The van der Waals surface area contributed by atoms with Crippen LogP contribution in [-0.4, -0.2) is 5.71 Å². The Morgan fingerprint density at radius 2 is 1.13 bits per heavy atom. The second-order valence-corrected chi connectivity index (χ2v) is 14.7. The van der Waals surface area contributed by atoms with Crippen LogP contribution in [0.3, 0.4) is 0 Å². The molecule has 256 valence electrons. The quantitative estimate of drug-likeness (QED) is 0.172. The van der Waals surface area contributed by atoms with E-state index in [1.165, 1.54) is 49.0 Å². The monoisotopic (exact) mass is 693 g/mol. The first-order valence-electron chi connectivity index (χ1n) is 18.8. The van der Waals surface area contributed by atoms with Crippen molar-refractivity contribution < 1.29 is 8.83 Å². The number of benzene rings is 8. The third kappa shape index (κ3) is 4.65. The fourth-order valence-electron chi connectivity index (χ4n) is 8.98. The molecule has 11 rings (SSSR count). The second-order valence-electron chi connectivity index (χ2n) is 14.7. The van der Waals surface area contributed by atoms with Crippen LogP contribution in [0, 0.1) is 5.92 Å². The molecule has 0 saturated carbocycles. The van der Waals surface area contributed by atoms with Crippen LogP contribution in [0.25, 0.3) is 82.3 Å². The van der Waals surface area contributed by atoms with Gasteiger partial charge in [0.05, 0.1) is 5.71 Å². The molecule has 8 aromatic carbocycles. The van der Waals surface area contributed by atoms with Crippen LogP contribution in [0.5, 0.6) is 0 Å². The van der Waals surface area contributed by atoms with Crippen LogP contribution < -0.4 is 0 Å². The van der Waals surface area contributed by atoms with Crippen molar-refractivity contribution in [3.8, 4) is 22.3 Å². The second kappa shape index (κ2) is 11.9. The van der Waals surface area contributed by atoms with Crippen molar-refractivity contribution in [3.63, 3.8) is 0 Å². The first-order chi connectivity index (χ1) is 26.6. The highest BCUT2D eigenvalue weighted by Gasteiger charge is 2.27. The van der Waals surface area contributed by atoms with E-state index in [1.54, 1.807) is 0 Å². The lowest BCUT2D eigenvalue weighted by Gasteiger charge is -2.22. The molecule has 0 amide bonds. The van der Waals surface area contributed by atoms with Gasteiger partial charge in [0.25, 0.3) is 0 Å². The highest BCUT2D eigenvalue weighted by molar-refractivity contribution is 6.34. The molecule has 1 atom stereocenters. The number of nitrogens with zero attached hydrogens (tertiary/aromatic N) is 1. The molecule has 0 saturated heterocycles. The van der Waals surface area contributed by atoms with Crippen molar-refractivity contribution in [1.82, 2.24) is 0 Å². The normalized spacial score (nSPS) is 17.3. The lowest BCUT2D eigenvalue weighted by Crippen LogP contribution is -2.15. The molecule has 0 bridgehead atoms. The molecule has 0 aliphatic carbocycles. The van der Waals surface area contributed by atoms with Gasteiger partial charge < -0.3 is 8.83 Å². The zero-order chi connectivity index (χ0) is 35.9. The maximum absolute atomic E-state index is 6.74. The molecular formula is C51H35NO2. The highest BCUT2D eigenvalue weighted by Crippen LogP contribution is 2.47. The third-order valence-electron chi connectivity index (χ3n) is 11.4. The predicted octanol–water partition coefficient (Wildman–Crippen LogP) is 14.4. The van der Waals surface area contributed by atoms with Gasteiger partial charge in [-0.25, -0.2) is 4.99 Å². The highest BCUT2D eigenvalue weighted by atomic mass is 16.3. The molecule has 10 aromatic rings. The lowest BCUT2D eigenvalue weighted by molar-refractivity contribution is 0.598. The van der Waals surface area contributed by atoms with E-state index < -0.39 is 0 Å². The molecule has 1 aliphatic heterocycles. The van der Waals surface area contributed by atoms with Gasteiger partial charge in [-0.2, -0.15) is 0 Å². The number of allylic oxidation sites excluding steroid dienone is 1. The fourth-order valence-corrected chi connectivity index (χ4v) is 8.98. The molecule has 3 heteroatoms. The summed E-state index contributed by atoms with van der Waals surface area (Å²) in [5, 5.41) is 8.41. The Kier molecular flexibility index (Phi) is 6.81. The number of para-hydroxylation sites is 1. The molecule has 2 aromatic heterocycles. The molecule has 0 spiro atoms. The average Bonchev–Trinajstić information content (AvgIpc) is 3.78. The fraction of sp³-hybridized carbons (Fsp3) is 0.0784. The van der Waals surface area contributed by atoms with Crippen molar-refractivity contribution in [2.75, 3.05) is 0 Å². The summed E-state index contributed by atoms with van der Waals surface area (Å²) < 4.78 is 13.4. The molecule has 1 unspecified atom stereocenters. The molecule has 0 radical (unpaired) electrons. The molecule has 3 heterocycles. The van der Waals surface area contributed by atoms with Crippen molar-refractivity contribution in [2.24, 2.45) is 10.9 Å². The minimum atomic E-state index is 0.169. The van der Waals surface area contributed by atoms with Crippen LogP contribution in [0.4, 0.5) is 5.69 Å². The Morgan fingerprint density at radius 3 is 1.94 bits per heavy atom. The van der Waals surface area contributed by atoms with Crippen LogP contribution in [0.15, 0.2) is 177 Å². The largest absolute Gasteiger partial charge is 0.455 e. The minimum absolute atomic E-state index is 0.169. The van der Waals surface area contributed by atoms with Gasteiger partial charge in [0.15, 0.2) is 5.76 Å². The summed E-state index contributed by atoms with van der Waals surface area (Å²) >= 11 is 0. The van der Waals surface area contributed by atoms with E-state index >= 15 is 0 Å². The van der Waals surface area contributed by atoms with E-state index in [4.69, 9.17) is 13.8 Å². The standard InChI is InChI=1S/C51H35NO2/c1-30-28-31(2)48(52-49-42-18-8-9-20-43(42)53-51(49)45(30)36-15-10-14-35(29-36)32-12-4-3-5-13-32)34-24-22-33(23-25-34)37-26-27-41-39-17-7-6-16-38(39)40-19-11-21-44-46(40)47(41)50(37)54-44/h3-27,29,31H,28H2,1-2H3/b45-30+,52-48+. The van der Waals surface area contributed by atoms with Gasteiger partial charge in [-0.1, -0.05) is 140 Å². The molecule has 0 fully saturated rings. The van der Waals surface area contributed by atoms with E-state index in [1.807, 2.05) is 12.1 Å². The van der Waals surface area contributed by atoms with E-state index in [2.05, 4.69) is 159 Å². The Bertz CT molecular complexity index is 3140. The number of rotatable bonds is 4. The van der Waals surface area contributed by atoms with Crippen LogP contribution in [0.2, 0.25) is 0 Å². The first-order valence-corrected chi connectivity index (χ1v) is 18.8. The molecule has 3 nitrogen and oxygen atoms in total. The summed E-state index contributed by atoms with van der Waals surface area (Å²) in [6.07, 6.45) is 0.854. The molecule has 54 heavy (non-hydrogen) atoms. The smallest absolute Gasteiger partial charge is 0.161 e. The maximum Gasteiger partial charge on any atom is 0.161 e. The first kappa shape index (κ1) is 30.9. The van der Waals surface area contributed by atoms with Crippen LogP contribution in [-0.2, 0) is 0 Å². The Labute approximate surface area is 312 Å². The van der Waals surface area contributed by atoms with Crippen molar-refractivity contribution in [1.29, 1.82) is 0 Å². The van der Waals surface area contributed by atoms with E-state index in [-0.39, 0.29) is 5.92 Å². The topological polar surface area (TPSA) is 38.6 Å². The van der Waals surface area contributed by atoms with Gasteiger partial charge in [-0.15, -0.1) is 0 Å². The SMILES string of the molecule is C/C1=C(/c2cccc(-c3ccccc3)c2)c2oc3ccccc3c2/N=C(/c2ccc(-c3ccc4c5ccccc5c5cccc6oc3c4c65)cc2)C(C)C1. The zero-order valence-electron chi connectivity index (χ0n) is 30.1. The van der Waals surface area contributed by atoms with Gasteiger partial charge >= 0.3 is 0 Å². The van der Waals surface area contributed by atoms with Gasteiger partial charge in [-0.3, -0.25) is 0 Å². The van der Waals surface area contributed by atoms with Gasteiger partial charge in [0, 0.05) is 33.2 Å². The summed E-state index contributed by atoms with van der Waals surface area (Å²) in [5.41, 5.74) is 13.9. The summed E-state index contributed by atoms with van der Waals surface area (Å²) in [4.78, 5) is 5.53. The van der Waals surface area contributed by atoms with Crippen molar-refractivity contribution >= 4 is 71.4 Å². The number of fused-ring (bicyclic) bond motifs is 6. The summed E-state index contributed by atoms with van der Waals surface area (Å²) in [5.74, 6) is 0.998. The Balaban J connectivity index is 1.04. The minimum Gasteiger partial charge on any atom is -0.455 e. The van der Waals surface area contributed by atoms with E-state index in [0.29, 0.717) is 0 Å². The van der Waals surface area contributed by atoms with E-state index in [9.17, 15) is 0 Å². The molecule has 1 aliphatic rings. The number of hydrogen-bond acceptors (Lipinski definition) is 3.